The van der Waals surface area contributed by atoms with E-state index in [0.29, 0.717) is 85.9 Å². The summed E-state index contributed by atoms with van der Waals surface area (Å²) in [6, 6.07) is 12.3. The van der Waals surface area contributed by atoms with Crippen LogP contribution in [0, 0.1) is 13.8 Å². The largest absolute Gasteiger partial charge is 0.491 e. The highest BCUT2D eigenvalue weighted by Gasteiger charge is 2.11. The Morgan fingerprint density at radius 2 is 1.11 bits per heavy atom. The van der Waals surface area contributed by atoms with Gasteiger partial charge in [-0.15, -0.1) is 0 Å². The number of ether oxygens (including phenoxy) is 8. The number of benzene rings is 2. The Hall–Kier alpha value is -2.20. The van der Waals surface area contributed by atoms with Gasteiger partial charge < -0.3 is 37.9 Å². The topological polar surface area (TPSA) is 73.8 Å². The number of rotatable bonds is 22. The van der Waals surface area contributed by atoms with Gasteiger partial charge in [-0.1, -0.05) is 17.7 Å². The summed E-state index contributed by atoms with van der Waals surface area (Å²) >= 11 is 0. The monoisotopic (exact) mass is 520 g/mol. The first-order chi connectivity index (χ1) is 18.2. The zero-order valence-electron chi connectivity index (χ0n) is 22.9. The van der Waals surface area contributed by atoms with Gasteiger partial charge in [0.05, 0.1) is 66.1 Å². The van der Waals surface area contributed by atoms with E-state index in [4.69, 9.17) is 37.9 Å². The van der Waals surface area contributed by atoms with Crippen LogP contribution in [0.25, 0.3) is 11.1 Å². The summed E-state index contributed by atoms with van der Waals surface area (Å²) < 4.78 is 44.2. The van der Waals surface area contributed by atoms with Gasteiger partial charge in [0.15, 0.2) is 0 Å². The molecule has 0 spiro atoms. The van der Waals surface area contributed by atoms with Crippen molar-refractivity contribution in [2.75, 3.05) is 93.0 Å². The van der Waals surface area contributed by atoms with Gasteiger partial charge in [0, 0.05) is 19.3 Å². The maximum absolute atomic E-state index is 6.10. The van der Waals surface area contributed by atoms with E-state index in [1.165, 1.54) is 5.56 Å². The van der Waals surface area contributed by atoms with Gasteiger partial charge in [-0.2, -0.15) is 0 Å². The van der Waals surface area contributed by atoms with Gasteiger partial charge in [-0.25, -0.2) is 0 Å². The van der Waals surface area contributed by atoms with E-state index < -0.39 is 0 Å². The predicted molar refractivity (Wildman–Crippen MR) is 144 cm³/mol. The van der Waals surface area contributed by atoms with E-state index in [0.717, 1.165) is 28.2 Å². The van der Waals surface area contributed by atoms with Crippen molar-refractivity contribution in [2.45, 2.75) is 20.8 Å². The van der Waals surface area contributed by atoms with Crippen molar-refractivity contribution in [1.29, 1.82) is 0 Å². The molecule has 8 nitrogen and oxygen atoms in total. The first-order valence-electron chi connectivity index (χ1n) is 13.0. The van der Waals surface area contributed by atoms with E-state index >= 15 is 0 Å². The van der Waals surface area contributed by atoms with E-state index in [1.54, 1.807) is 7.11 Å². The third kappa shape index (κ3) is 13.2. The summed E-state index contributed by atoms with van der Waals surface area (Å²) in [5, 5.41) is 0. The summed E-state index contributed by atoms with van der Waals surface area (Å²) in [6.45, 7) is 13.2. The Morgan fingerprint density at radius 3 is 1.73 bits per heavy atom. The number of hydrogen-bond acceptors (Lipinski definition) is 8. The summed E-state index contributed by atoms with van der Waals surface area (Å²) in [4.78, 5) is 0. The van der Waals surface area contributed by atoms with Crippen LogP contribution in [0.15, 0.2) is 36.4 Å². The van der Waals surface area contributed by atoms with Crippen LogP contribution in [0.1, 0.15) is 18.1 Å². The predicted octanol–water partition coefficient (Wildman–Crippen LogP) is 4.48. The normalized spacial score (nSPS) is 11.1. The lowest BCUT2D eigenvalue weighted by molar-refractivity contribution is -0.00977. The highest BCUT2D eigenvalue weighted by molar-refractivity contribution is 5.75. The Bertz CT molecular complexity index is 858. The lowest BCUT2D eigenvalue weighted by Gasteiger charge is -2.16. The van der Waals surface area contributed by atoms with Crippen molar-refractivity contribution in [2.24, 2.45) is 0 Å². The molecule has 0 aliphatic heterocycles. The molecule has 0 unspecified atom stereocenters. The maximum atomic E-state index is 6.10. The maximum Gasteiger partial charge on any atom is 0.127 e. The van der Waals surface area contributed by atoms with Crippen molar-refractivity contribution < 1.29 is 37.9 Å². The second-order valence-corrected chi connectivity index (χ2v) is 8.31. The average Bonchev–Trinajstić information content (AvgIpc) is 2.90. The lowest BCUT2D eigenvalue weighted by atomic mass is 9.98. The Morgan fingerprint density at radius 1 is 0.541 bits per heavy atom. The Kier molecular flexibility index (Phi) is 16.6. The zero-order valence-corrected chi connectivity index (χ0v) is 22.9. The first kappa shape index (κ1) is 31.0. The van der Waals surface area contributed by atoms with Crippen LogP contribution in [-0.4, -0.2) is 93.0 Å². The second kappa shape index (κ2) is 19.9. The molecule has 0 amide bonds. The van der Waals surface area contributed by atoms with Crippen LogP contribution >= 0.6 is 0 Å². The van der Waals surface area contributed by atoms with Crippen molar-refractivity contribution in [3.63, 3.8) is 0 Å². The molecule has 0 saturated heterocycles. The van der Waals surface area contributed by atoms with E-state index in [2.05, 4.69) is 38.1 Å². The second-order valence-electron chi connectivity index (χ2n) is 8.31. The molecule has 0 aliphatic carbocycles. The fraction of sp³-hybridized carbons (Fsp3) is 0.586. The minimum Gasteiger partial charge on any atom is -0.491 e. The van der Waals surface area contributed by atoms with Crippen LogP contribution in [0.2, 0.25) is 0 Å². The molecule has 0 atom stereocenters. The number of hydrogen-bond donors (Lipinski definition) is 0. The third-order valence-electron chi connectivity index (χ3n) is 5.37. The smallest absolute Gasteiger partial charge is 0.127 e. The Labute approximate surface area is 222 Å². The summed E-state index contributed by atoms with van der Waals surface area (Å²) in [5.74, 6) is 1.64. The fourth-order valence-corrected chi connectivity index (χ4v) is 3.44. The highest BCUT2D eigenvalue weighted by Crippen LogP contribution is 2.35. The number of methoxy groups -OCH3 is 1. The molecule has 0 aliphatic rings. The van der Waals surface area contributed by atoms with Crippen molar-refractivity contribution in [1.82, 2.24) is 0 Å². The average molecular weight is 521 g/mol. The van der Waals surface area contributed by atoms with E-state index in [1.807, 2.05) is 19.1 Å². The molecule has 0 saturated carbocycles. The summed E-state index contributed by atoms with van der Waals surface area (Å²) in [7, 11) is 1.65. The number of aryl methyl sites for hydroxylation is 2. The highest BCUT2D eigenvalue weighted by atomic mass is 16.6. The molecule has 0 radical (unpaired) electrons. The molecule has 0 fully saturated rings. The van der Waals surface area contributed by atoms with Crippen LogP contribution in [-0.2, 0) is 28.4 Å². The SMILES string of the molecule is CCOCCOc1ccc(C)c(-c2cc(C)ccc2OCCOCCOCCOCCOCCOC)c1. The van der Waals surface area contributed by atoms with Crippen LogP contribution < -0.4 is 9.47 Å². The van der Waals surface area contributed by atoms with Gasteiger partial charge in [0.1, 0.15) is 24.7 Å². The molecule has 2 aromatic rings. The van der Waals surface area contributed by atoms with Gasteiger partial charge in [0.25, 0.3) is 0 Å². The molecule has 0 aromatic heterocycles. The van der Waals surface area contributed by atoms with Crippen LogP contribution in [0.3, 0.4) is 0 Å². The van der Waals surface area contributed by atoms with Crippen LogP contribution in [0.4, 0.5) is 0 Å². The molecule has 2 rings (SSSR count). The van der Waals surface area contributed by atoms with Crippen molar-refractivity contribution >= 4 is 0 Å². The molecule has 8 heteroatoms. The molecule has 0 bridgehead atoms. The molecular weight excluding hydrogens is 476 g/mol. The van der Waals surface area contributed by atoms with Crippen molar-refractivity contribution in [3.8, 4) is 22.6 Å². The summed E-state index contributed by atoms with van der Waals surface area (Å²) in [6.07, 6.45) is 0. The fourth-order valence-electron chi connectivity index (χ4n) is 3.44. The van der Waals surface area contributed by atoms with Crippen LogP contribution in [0.5, 0.6) is 11.5 Å². The standard InChI is InChI=1S/C29H44O8/c1-5-31-18-20-36-26-8-7-25(3)27(23-26)28-22-24(2)6-9-29(28)37-21-19-35-17-16-34-15-14-33-13-12-32-11-10-30-4/h6-9,22-23H,5,10-21H2,1-4H3. The van der Waals surface area contributed by atoms with Gasteiger partial charge in [0.2, 0.25) is 0 Å². The molecule has 208 valence electrons. The molecular formula is C29H44O8. The van der Waals surface area contributed by atoms with Gasteiger partial charge in [-0.3, -0.25) is 0 Å². The van der Waals surface area contributed by atoms with Gasteiger partial charge in [-0.05, 0) is 56.2 Å². The molecule has 2 aromatic carbocycles. The lowest BCUT2D eigenvalue weighted by Crippen LogP contribution is -2.14. The zero-order chi connectivity index (χ0) is 26.6. The Balaban J connectivity index is 1.69. The van der Waals surface area contributed by atoms with E-state index in [-0.39, 0.29) is 0 Å². The minimum absolute atomic E-state index is 0.450. The molecule has 0 heterocycles. The first-order valence-corrected chi connectivity index (χ1v) is 13.0. The molecule has 0 N–H and O–H groups in total. The third-order valence-corrected chi connectivity index (χ3v) is 5.37. The van der Waals surface area contributed by atoms with Gasteiger partial charge >= 0.3 is 0 Å². The quantitative estimate of drug-likeness (QED) is 0.211. The molecule has 37 heavy (non-hydrogen) atoms. The van der Waals surface area contributed by atoms with Crippen molar-refractivity contribution in [3.05, 3.63) is 47.5 Å². The summed E-state index contributed by atoms with van der Waals surface area (Å²) in [5.41, 5.74) is 4.45. The van der Waals surface area contributed by atoms with E-state index in [9.17, 15) is 0 Å². The minimum atomic E-state index is 0.450.